The third-order valence-electron chi connectivity index (χ3n) is 8.36. The summed E-state index contributed by atoms with van der Waals surface area (Å²) in [6.45, 7) is 19.0. The van der Waals surface area contributed by atoms with Crippen molar-refractivity contribution in [2.45, 2.75) is 62.3 Å². The molecule has 7 heteroatoms. The van der Waals surface area contributed by atoms with Crippen molar-refractivity contribution < 1.29 is 28.4 Å². The number of hydrogen-bond donors (Lipinski definition) is 0. The van der Waals surface area contributed by atoms with Crippen LogP contribution in [0.2, 0.25) is 0 Å². The Kier molecular flexibility index (Phi) is 9.57. The van der Waals surface area contributed by atoms with Crippen LogP contribution in [-0.2, 0) is 0 Å². The van der Waals surface area contributed by atoms with Crippen LogP contribution in [0.3, 0.4) is 0 Å². The highest BCUT2D eigenvalue weighted by Crippen LogP contribution is 2.52. The normalized spacial score (nSPS) is 11.1. The molecule has 0 aliphatic heterocycles. The molecule has 0 aliphatic carbocycles. The average molecular weight is 569 g/mol. The van der Waals surface area contributed by atoms with Crippen LogP contribution >= 0.6 is 7.92 Å². The van der Waals surface area contributed by atoms with Gasteiger partial charge in [0.05, 0.1) is 42.7 Å². The molecular weight excluding hydrogens is 523 g/mol. The van der Waals surface area contributed by atoms with Crippen molar-refractivity contribution in [3.63, 3.8) is 0 Å². The van der Waals surface area contributed by atoms with Crippen LogP contribution in [0, 0.1) is 62.3 Å². The van der Waals surface area contributed by atoms with Gasteiger partial charge in [-0.3, -0.25) is 0 Å². The van der Waals surface area contributed by atoms with Crippen LogP contribution in [0.25, 0.3) is 0 Å². The van der Waals surface area contributed by atoms with Gasteiger partial charge in [0.2, 0.25) is 0 Å². The molecule has 218 valence electrons. The molecule has 0 aromatic heterocycles. The van der Waals surface area contributed by atoms with Gasteiger partial charge >= 0.3 is 0 Å². The van der Waals surface area contributed by atoms with E-state index >= 15 is 0 Å². The number of rotatable bonds is 9. The maximum atomic E-state index is 6.22. The van der Waals surface area contributed by atoms with Crippen molar-refractivity contribution in [1.82, 2.24) is 0 Å². The summed E-state index contributed by atoms with van der Waals surface area (Å²) in [5.41, 5.74) is 9.50. The van der Waals surface area contributed by atoms with E-state index < -0.39 is 7.92 Å². The lowest BCUT2D eigenvalue weighted by Gasteiger charge is -2.33. The summed E-state index contributed by atoms with van der Waals surface area (Å²) in [6, 6.07) is 0. The molecular formula is C33H45O6P. The second-order valence-corrected chi connectivity index (χ2v) is 12.2. The Balaban J connectivity index is 2.77. The predicted molar refractivity (Wildman–Crippen MR) is 167 cm³/mol. The monoisotopic (exact) mass is 568 g/mol. The molecule has 3 aromatic carbocycles. The minimum atomic E-state index is -1.28. The van der Waals surface area contributed by atoms with Gasteiger partial charge in [-0.15, -0.1) is 0 Å². The van der Waals surface area contributed by atoms with Crippen molar-refractivity contribution in [2.75, 3.05) is 42.7 Å². The molecule has 0 aliphatic rings. The topological polar surface area (TPSA) is 55.4 Å². The van der Waals surface area contributed by atoms with E-state index in [0.717, 1.165) is 100 Å². The highest BCUT2D eigenvalue weighted by Gasteiger charge is 2.36. The van der Waals surface area contributed by atoms with Crippen LogP contribution in [-0.4, -0.2) is 42.7 Å². The molecule has 0 saturated carbocycles. The molecule has 0 N–H and O–H groups in total. The molecule has 40 heavy (non-hydrogen) atoms. The zero-order chi connectivity index (χ0) is 30.2. The van der Waals surface area contributed by atoms with Gasteiger partial charge in [0.25, 0.3) is 0 Å². The highest BCUT2D eigenvalue weighted by molar-refractivity contribution is 7.80. The van der Waals surface area contributed by atoms with Crippen molar-refractivity contribution >= 4 is 23.8 Å². The number of benzene rings is 3. The Morgan fingerprint density at radius 3 is 0.650 bits per heavy atom. The van der Waals surface area contributed by atoms with E-state index in [1.807, 2.05) is 0 Å². The summed E-state index contributed by atoms with van der Waals surface area (Å²) in [7, 11) is 9.05. The largest absolute Gasteiger partial charge is 0.496 e. The lowest BCUT2D eigenvalue weighted by atomic mass is 10.0. The quantitative estimate of drug-likeness (QED) is 0.284. The van der Waals surface area contributed by atoms with Crippen LogP contribution < -0.4 is 44.3 Å². The third-order valence-corrected chi connectivity index (χ3v) is 11.3. The standard InChI is InChI=1S/C33H45O6P/c1-16-19(4)31(28(37-13)22(7)25(16)34-10)40(32-20(5)17(2)26(35-11)23(8)29(32)38-14)33-21(6)18(3)27(36-12)24(9)30(33)39-15/h1-15H3. The lowest BCUT2D eigenvalue weighted by Crippen LogP contribution is -2.31. The summed E-state index contributed by atoms with van der Waals surface area (Å²) in [5.74, 6) is 4.95. The fourth-order valence-electron chi connectivity index (χ4n) is 6.05. The molecule has 0 spiro atoms. The molecule has 0 heterocycles. The zero-order valence-electron chi connectivity index (χ0n) is 26.9. The van der Waals surface area contributed by atoms with E-state index in [1.54, 1.807) is 42.7 Å². The number of methoxy groups -OCH3 is 6. The Morgan fingerprint density at radius 2 is 0.475 bits per heavy atom. The van der Waals surface area contributed by atoms with Gasteiger partial charge in [-0.05, 0) is 104 Å². The smallest absolute Gasteiger partial charge is 0.134 e. The fourth-order valence-corrected chi connectivity index (χ4v) is 9.62. The van der Waals surface area contributed by atoms with Gasteiger partial charge < -0.3 is 28.4 Å². The molecule has 0 radical (unpaired) electrons. The maximum absolute atomic E-state index is 6.22. The summed E-state index contributed by atoms with van der Waals surface area (Å²) >= 11 is 0. The zero-order valence-corrected chi connectivity index (χ0v) is 27.8. The Morgan fingerprint density at radius 1 is 0.275 bits per heavy atom. The molecule has 0 amide bonds. The van der Waals surface area contributed by atoms with Gasteiger partial charge in [0.1, 0.15) is 34.5 Å². The molecule has 6 nitrogen and oxygen atoms in total. The first-order valence-corrected chi connectivity index (χ1v) is 14.7. The van der Waals surface area contributed by atoms with E-state index in [4.69, 9.17) is 28.4 Å². The number of ether oxygens (including phenoxy) is 6. The molecule has 0 saturated heterocycles. The van der Waals surface area contributed by atoms with Gasteiger partial charge in [-0.2, -0.15) is 0 Å². The van der Waals surface area contributed by atoms with E-state index in [1.165, 1.54) is 0 Å². The second kappa shape index (κ2) is 12.2. The van der Waals surface area contributed by atoms with Crippen LogP contribution in [0.5, 0.6) is 34.5 Å². The first-order valence-electron chi connectivity index (χ1n) is 13.3. The number of hydrogen-bond acceptors (Lipinski definition) is 6. The third kappa shape index (κ3) is 4.64. The Bertz CT molecular complexity index is 1280. The van der Waals surface area contributed by atoms with Crippen molar-refractivity contribution in [3.8, 4) is 34.5 Å². The van der Waals surface area contributed by atoms with Crippen molar-refractivity contribution in [1.29, 1.82) is 0 Å². The van der Waals surface area contributed by atoms with Crippen LogP contribution in [0.15, 0.2) is 0 Å². The molecule has 3 rings (SSSR count). The van der Waals surface area contributed by atoms with E-state index in [0.29, 0.717) is 0 Å². The Hall–Kier alpha value is -3.11. The van der Waals surface area contributed by atoms with Crippen LogP contribution in [0.4, 0.5) is 0 Å². The SMILES string of the molecule is COc1c(C)c(C)c(P(c2c(C)c(C)c(OC)c(C)c2OC)c2c(C)c(C)c(OC)c(C)c2OC)c(OC)c1C. The highest BCUT2D eigenvalue weighted by atomic mass is 31.1. The molecule has 0 fully saturated rings. The maximum Gasteiger partial charge on any atom is 0.134 e. The predicted octanol–water partition coefficient (Wildman–Crippen LogP) is 6.27. The summed E-state index contributed by atoms with van der Waals surface area (Å²) < 4.78 is 36.3. The summed E-state index contributed by atoms with van der Waals surface area (Å²) in [6.07, 6.45) is 0. The first-order chi connectivity index (χ1) is 18.9. The van der Waals surface area contributed by atoms with Crippen LogP contribution in [0.1, 0.15) is 50.1 Å². The minimum Gasteiger partial charge on any atom is -0.496 e. The lowest BCUT2D eigenvalue weighted by molar-refractivity contribution is 0.387. The van der Waals surface area contributed by atoms with E-state index in [-0.39, 0.29) is 0 Å². The minimum absolute atomic E-state index is 0.811. The van der Waals surface area contributed by atoms with Crippen molar-refractivity contribution in [2.24, 2.45) is 0 Å². The Labute approximate surface area is 241 Å². The van der Waals surface area contributed by atoms with Gasteiger partial charge in [-0.25, -0.2) is 0 Å². The first kappa shape index (κ1) is 31.4. The van der Waals surface area contributed by atoms with E-state index in [2.05, 4.69) is 62.3 Å². The van der Waals surface area contributed by atoms with Gasteiger partial charge in [0, 0.05) is 32.6 Å². The van der Waals surface area contributed by atoms with Crippen molar-refractivity contribution in [3.05, 3.63) is 50.1 Å². The summed E-state index contributed by atoms with van der Waals surface area (Å²) in [5, 5.41) is 3.34. The molecule has 0 atom stereocenters. The average Bonchev–Trinajstić information content (AvgIpc) is 2.93. The molecule has 3 aromatic rings. The molecule has 0 bridgehead atoms. The van der Waals surface area contributed by atoms with E-state index in [9.17, 15) is 0 Å². The van der Waals surface area contributed by atoms with Gasteiger partial charge in [0.15, 0.2) is 0 Å². The second-order valence-electron chi connectivity index (χ2n) is 10.2. The molecule has 0 unspecified atom stereocenters. The summed E-state index contributed by atoms with van der Waals surface area (Å²) in [4.78, 5) is 0. The fraction of sp³-hybridized carbons (Fsp3) is 0.455. The van der Waals surface area contributed by atoms with Gasteiger partial charge in [-0.1, -0.05) is 0 Å².